The van der Waals surface area contributed by atoms with Gasteiger partial charge in [-0.05, 0) is 25.4 Å². The van der Waals surface area contributed by atoms with E-state index < -0.39 is 5.25 Å². The average Bonchev–Trinajstić information content (AvgIpc) is 2.84. The molecule has 0 amide bonds. The molecule has 0 radical (unpaired) electrons. The molecule has 1 atom stereocenters. The summed E-state index contributed by atoms with van der Waals surface area (Å²) in [6.07, 6.45) is 0. The van der Waals surface area contributed by atoms with E-state index in [4.69, 9.17) is 17.4 Å². The van der Waals surface area contributed by atoms with E-state index in [0.717, 1.165) is 22.8 Å². The summed E-state index contributed by atoms with van der Waals surface area (Å²) in [5, 5.41) is 6.78. The molecule has 2 rings (SSSR count). The van der Waals surface area contributed by atoms with Gasteiger partial charge in [0, 0.05) is 26.6 Å². The molecule has 20 heavy (non-hydrogen) atoms. The molecule has 0 saturated carbocycles. The Morgan fingerprint density at radius 3 is 2.25 bits per heavy atom. The number of nitrogens with one attached hydrogen (secondary N) is 2. The predicted molar refractivity (Wildman–Crippen MR) is 75.1 cm³/mol. The molecule has 1 aromatic heterocycles. The summed E-state index contributed by atoms with van der Waals surface area (Å²) < 4.78 is 3.41. The average molecular weight is 302 g/mol. The summed E-state index contributed by atoms with van der Waals surface area (Å²) in [5.74, 6) is 5.73. The van der Waals surface area contributed by atoms with Crippen LogP contribution in [0.4, 0.5) is 0 Å². The van der Waals surface area contributed by atoms with Crippen molar-refractivity contribution in [1.29, 1.82) is 0 Å². The van der Waals surface area contributed by atoms with Crippen molar-refractivity contribution in [2.45, 2.75) is 32.9 Å². The highest BCUT2D eigenvalue weighted by Gasteiger charge is 2.48. The summed E-state index contributed by atoms with van der Waals surface area (Å²) in [6.45, 7) is 7.88. The van der Waals surface area contributed by atoms with Crippen molar-refractivity contribution < 1.29 is 4.68 Å². The van der Waals surface area contributed by atoms with Gasteiger partial charge in [-0.15, -0.1) is 10.2 Å². The fourth-order valence-corrected chi connectivity index (χ4v) is 2.48. The Hall–Kier alpha value is -1.35. The van der Waals surface area contributed by atoms with Gasteiger partial charge in [0.25, 0.3) is 0 Å². The van der Waals surface area contributed by atoms with E-state index in [1.807, 2.05) is 46.8 Å². The molecule has 0 aromatic carbocycles. The third-order valence-corrected chi connectivity index (χ3v) is 4.36. The van der Waals surface area contributed by atoms with Gasteiger partial charge in [-0.3, -0.25) is 10.9 Å². The topological polar surface area (TPSA) is 78.3 Å². The van der Waals surface area contributed by atoms with Crippen LogP contribution < -0.4 is 21.5 Å². The molecule has 4 N–H and O–H groups in total. The predicted octanol–water partition coefficient (Wildman–Crippen LogP) is -0.487. The summed E-state index contributed by atoms with van der Waals surface area (Å²) in [7, 11) is 3.78. The number of allylic oxidation sites excluding steroid dienone is 2. The Morgan fingerprint density at radius 2 is 1.90 bits per heavy atom. The van der Waals surface area contributed by atoms with Gasteiger partial charge < -0.3 is 0 Å². The lowest BCUT2D eigenvalue weighted by Gasteiger charge is -2.33. The molecule has 1 aliphatic heterocycles. The van der Waals surface area contributed by atoms with Crippen LogP contribution in [0.15, 0.2) is 11.4 Å². The maximum absolute atomic E-state index is 6.73. The minimum atomic E-state index is -1.24. The first-order valence-electron chi connectivity index (χ1n) is 6.31. The lowest BCUT2D eigenvalue weighted by Crippen LogP contribution is -2.63. The van der Waals surface area contributed by atoms with Crippen LogP contribution in [0.3, 0.4) is 0 Å². The second-order valence-electron chi connectivity index (χ2n) is 4.99. The van der Waals surface area contributed by atoms with Gasteiger partial charge in [-0.1, -0.05) is 4.68 Å². The largest absolute Gasteiger partial charge is 0.370 e. The fraction of sp³-hybridized carbons (Fsp3) is 0.636. The summed E-state index contributed by atoms with van der Waals surface area (Å²) >= 11 is 6.73. The van der Waals surface area contributed by atoms with Crippen molar-refractivity contribution >= 4 is 11.6 Å². The number of hydrogen-bond acceptors (Lipinski definition) is 6. The maximum Gasteiger partial charge on any atom is 0.370 e. The highest BCUT2D eigenvalue weighted by Crippen LogP contribution is 2.31. The molecular formula is C11H22ClN8+. The molecule has 0 fully saturated rings. The van der Waals surface area contributed by atoms with Crippen LogP contribution in [0.5, 0.6) is 0 Å². The van der Waals surface area contributed by atoms with E-state index in [-0.39, 0.29) is 0 Å². The number of aromatic nitrogens is 3. The fourth-order valence-electron chi connectivity index (χ4n) is 2.15. The van der Waals surface area contributed by atoms with Crippen molar-refractivity contribution in [3.8, 4) is 0 Å². The lowest BCUT2D eigenvalue weighted by molar-refractivity contribution is -0.738. The van der Waals surface area contributed by atoms with E-state index in [1.54, 1.807) is 14.4 Å². The Labute approximate surface area is 123 Å². The van der Waals surface area contributed by atoms with E-state index >= 15 is 0 Å². The molecule has 0 bridgehead atoms. The van der Waals surface area contributed by atoms with Gasteiger partial charge in [-0.2, -0.15) is 5.43 Å². The molecule has 9 heteroatoms. The number of alkyl halides is 1. The molecule has 2 heterocycles. The standard InChI is InChI=1S/C11H21ClN8/c1-7-9(3)19(15-17(7)5)11(12,14-13)20-10(4)8(2)18(6)16-20/h13,15-16H,1-6H3/p+1. The second kappa shape index (κ2) is 4.88. The van der Waals surface area contributed by atoms with Gasteiger partial charge in [0.1, 0.15) is 7.05 Å². The molecule has 112 valence electrons. The molecule has 0 aliphatic carbocycles. The van der Waals surface area contributed by atoms with Crippen molar-refractivity contribution in [2.75, 3.05) is 7.05 Å². The minimum Gasteiger partial charge on any atom is -0.296 e. The normalized spacial score (nSPS) is 19.0. The zero-order valence-corrected chi connectivity index (χ0v) is 13.4. The zero-order chi connectivity index (χ0) is 15.2. The molecule has 0 spiro atoms. The molecule has 8 nitrogen and oxygen atoms in total. The van der Waals surface area contributed by atoms with Crippen molar-refractivity contribution in [2.24, 2.45) is 12.9 Å². The van der Waals surface area contributed by atoms with Crippen molar-refractivity contribution in [1.82, 2.24) is 30.9 Å². The van der Waals surface area contributed by atoms with Crippen LogP contribution >= 0.6 is 11.6 Å². The first-order chi connectivity index (χ1) is 9.24. The number of nitrogens with two attached hydrogens (primary N) is 1. The number of halogens is 1. The molecule has 1 unspecified atom stereocenters. The molecule has 1 aliphatic rings. The van der Waals surface area contributed by atoms with E-state index in [1.165, 1.54) is 0 Å². The van der Waals surface area contributed by atoms with Crippen LogP contribution in [0.25, 0.3) is 0 Å². The third kappa shape index (κ3) is 1.96. The SMILES string of the molecule is CC1=C(C)N(C(Cl)(NN)n2n[n+](C)c(C)c2C)NN1C. The second-order valence-corrected chi connectivity index (χ2v) is 5.52. The quantitative estimate of drug-likeness (QED) is 0.230. The van der Waals surface area contributed by atoms with E-state index in [9.17, 15) is 0 Å². The molecule has 1 aromatic rings. The van der Waals surface area contributed by atoms with Crippen LogP contribution in [0.1, 0.15) is 25.2 Å². The first-order valence-corrected chi connectivity index (χ1v) is 6.69. The Morgan fingerprint density at radius 1 is 1.30 bits per heavy atom. The van der Waals surface area contributed by atoms with Crippen LogP contribution in [-0.2, 0) is 12.3 Å². The zero-order valence-electron chi connectivity index (χ0n) is 12.7. The van der Waals surface area contributed by atoms with E-state index in [2.05, 4.69) is 16.2 Å². The number of rotatable bonds is 3. The summed E-state index contributed by atoms with van der Waals surface area (Å²) in [5.41, 5.74) is 9.73. The van der Waals surface area contributed by atoms with Crippen LogP contribution in [0.2, 0.25) is 0 Å². The van der Waals surface area contributed by atoms with Gasteiger partial charge in [0.2, 0.25) is 0 Å². The Kier molecular flexibility index (Phi) is 3.67. The van der Waals surface area contributed by atoms with Gasteiger partial charge >= 0.3 is 5.25 Å². The number of aryl methyl sites for hydroxylation is 1. The van der Waals surface area contributed by atoms with Gasteiger partial charge in [-0.25, -0.2) is 5.01 Å². The smallest absolute Gasteiger partial charge is 0.296 e. The Balaban J connectivity index is 2.53. The van der Waals surface area contributed by atoms with Crippen molar-refractivity contribution in [3.05, 3.63) is 22.8 Å². The molecular weight excluding hydrogens is 280 g/mol. The Bertz CT molecular complexity index is 565. The van der Waals surface area contributed by atoms with E-state index in [0.29, 0.717) is 0 Å². The van der Waals surface area contributed by atoms with Crippen LogP contribution in [-0.4, -0.2) is 27.0 Å². The van der Waals surface area contributed by atoms with Crippen LogP contribution in [0, 0.1) is 13.8 Å². The van der Waals surface area contributed by atoms with Crippen molar-refractivity contribution in [3.63, 3.8) is 0 Å². The monoisotopic (exact) mass is 301 g/mol. The van der Waals surface area contributed by atoms with Gasteiger partial charge in [0.15, 0.2) is 11.4 Å². The number of hydrazine groups is 3. The summed E-state index contributed by atoms with van der Waals surface area (Å²) in [4.78, 5) is 0. The highest BCUT2D eigenvalue weighted by atomic mass is 35.5. The minimum absolute atomic E-state index is 0.919. The summed E-state index contributed by atoms with van der Waals surface area (Å²) in [6, 6.07) is 0. The third-order valence-electron chi connectivity index (χ3n) is 3.92. The lowest BCUT2D eigenvalue weighted by atomic mass is 10.3. The first kappa shape index (κ1) is 15.0. The molecule has 0 saturated heterocycles. The maximum atomic E-state index is 6.73. The highest BCUT2D eigenvalue weighted by molar-refractivity contribution is 6.21. The number of nitrogens with zero attached hydrogens (tertiary/aromatic N) is 5. The van der Waals surface area contributed by atoms with Gasteiger partial charge in [0.05, 0.1) is 10.9 Å². The number of hydrogen-bond donors (Lipinski definition) is 3.